The van der Waals surface area contributed by atoms with Crippen LogP contribution in [0.3, 0.4) is 0 Å². The normalized spacial score (nSPS) is 14.6. The molecule has 4 aromatic carbocycles. The van der Waals surface area contributed by atoms with Gasteiger partial charge < -0.3 is 21.7 Å². The number of aromatic nitrogens is 2. The lowest BCUT2D eigenvalue weighted by molar-refractivity contribution is -0.143. The van der Waals surface area contributed by atoms with Crippen LogP contribution in [0.2, 0.25) is 0 Å². The standard InChI is InChI=1S/C48H52N6O6/c1-29(2)41(49)47(59)53(45(57)37-25-23-33-19-11-13-21-35(33)51-37)39(27-31-15-7-5-8-16-31)43(55)44(56)40(28-32-17-9-6-10-18-32)54(48(60)42(50)30(3)4)46(58)38-26-24-34-20-12-14-22-36(34)52-38/h5-26,29-30,39-44,55-56H,27-28,49-50H2,1-4H3/t39-,40-,41-,42-,43-,44+/m0/s1. The number of rotatable bonds is 15. The number of hydrogen-bond donors (Lipinski definition) is 4. The summed E-state index contributed by atoms with van der Waals surface area (Å²) in [6.45, 7) is 6.95. The van der Waals surface area contributed by atoms with E-state index in [4.69, 9.17) is 11.5 Å². The molecule has 0 aliphatic heterocycles. The summed E-state index contributed by atoms with van der Waals surface area (Å²) in [5.74, 6) is -4.16. The van der Waals surface area contributed by atoms with Crippen LogP contribution >= 0.6 is 0 Å². The first-order chi connectivity index (χ1) is 28.8. The Balaban J connectivity index is 1.52. The number of aliphatic hydroxyl groups excluding tert-OH is 2. The second kappa shape index (κ2) is 19.3. The van der Waals surface area contributed by atoms with E-state index < -0.39 is 71.8 Å². The lowest BCUT2D eigenvalue weighted by Gasteiger charge is -2.41. The predicted molar refractivity (Wildman–Crippen MR) is 231 cm³/mol. The van der Waals surface area contributed by atoms with Crippen molar-refractivity contribution in [2.24, 2.45) is 23.3 Å². The van der Waals surface area contributed by atoms with Gasteiger partial charge in [0, 0.05) is 10.8 Å². The van der Waals surface area contributed by atoms with Crippen molar-refractivity contribution in [3.05, 3.63) is 156 Å². The fourth-order valence-electron chi connectivity index (χ4n) is 7.23. The SMILES string of the molecule is CC(C)[C@H](N)C(=O)N(C(=O)c1ccc2ccccc2n1)[C@@H](Cc1ccccc1)[C@H](O)[C@H](O)[C@H](Cc1ccccc1)N(C(=O)c1ccc2ccccc2n1)C(=O)[C@@H](N)C(C)C. The molecule has 6 rings (SSSR count). The topological polar surface area (TPSA) is 193 Å². The lowest BCUT2D eigenvalue weighted by atomic mass is 9.87. The molecule has 2 heterocycles. The van der Waals surface area contributed by atoms with E-state index >= 15 is 0 Å². The first kappa shape index (κ1) is 43.4. The molecule has 60 heavy (non-hydrogen) atoms. The summed E-state index contributed by atoms with van der Waals surface area (Å²) in [6, 6.07) is 33.2. The van der Waals surface area contributed by atoms with Gasteiger partial charge in [0.15, 0.2) is 0 Å². The van der Waals surface area contributed by atoms with Gasteiger partial charge in [-0.1, -0.05) is 137 Å². The van der Waals surface area contributed by atoms with E-state index in [0.717, 1.165) is 20.6 Å². The summed E-state index contributed by atoms with van der Waals surface area (Å²) in [5, 5.41) is 27.0. The molecule has 310 valence electrons. The average Bonchev–Trinajstić information content (AvgIpc) is 3.27. The number of benzene rings is 4. The molecular formula is C48H52N6O6. The molecule has 6 aromatic rings. The molecule has 6 N–H and O–H groups in total. The van der Waals surface area contributed by atoms with E-state index in [-0.39, 0.29) is 24.2 Å². The molecule has 0 aliphatic rings. The smallest absolute Gasteiger partial charge is 0.279 e. The number of amides is 4. The first-order valence-electron chi connectivity index (χ1n) is 20.2. The number of nitrogens with two attached hydrogens (primary N) is 2. The zero-order valence-electron chi connectivity index (χ0n) is 34.2. The summed E-state index contributed by atoms with van der Waals surface area (Å²) in [6.07, 6.45) is -4.19. The molecule has 6 atom stereocenters. The third kappa shape index (κ3) is 9.64. The number of pyridine rings is 2. The Morgan fingerprint density at radius 1 is 0.500 bits per heavy atom. The second-order valence-electron chi connectivity index (χ2n) is 15.8. The molecule has 0 spiro atoms. The first-order valence-corrected chi connectivity index (χ1v) is 20.2. The van der Waals surface area contributed by atoms with Gasteiger partial charge in [0.2, 0.25) is 11.8 Å². The molecule has 12 nitrogen and oxygen atoms in total. The Bertz CT molecular complexity index is 2270. The Morgan fingerprint density at radius 2 is 0.833 bits per heavy atom. The van der Waals surface area contributed by atoms with E-state index in [2.05, 4.69) is 9.97 Å². The number of carbonyl (C=O) groups is 4. The Labute approximate surface area is 349 Å². The summed E-state index contributed by atoms with van der Waals surface area (Å²) >= 11 is 0. The van der Waals surface area contributed by atoms with Gasteiger partial charge in [-0.25, -0.2) is 9.97 Å². The summed E-state index contributed by atoms with van der Waals surface area (Å²) in [7, 11) is 0. The number of hydrogen-bond acceptors (Lipinski definition) is 10. The van der Waals surface area contributed by atoms with Crippen molar-refractivity contribution in [2.75, 3.05) is 0 Å². The molecule has 2 aromatic heterocycles. The number of fused-ring (bicyclic) bond motifs is 2. The summed E-state index contributed by atoms with van der Waals surface area (Å²) in [4.78, 5) is 69.8. The minimum absolute atomic E-state index is 0.0872. The number of para-hydroxylation sites is 2. The number of imide groups is 2. The Kier molecular flexibility index (Phi) is 13.9. The van der Waals surface area contributed by atoms with E-state index in [9.17, 15) is 29.4 Å². The zero-order chi connectivity index (χ0) is 43.1. The second-order valence-corrected chi connectivity index (χ2v) is 15.8. The highest BCUT2D eigenvalue weighted by Crippen LogP contribution is 2.27. The largest absolute Gasteiger partial charge is 0.388 e. The zero-order valence-corrected chi connectivity index (χ0v) is 34.2. The minimum atomic E-state index is -1.96. The Morgan fingerprint density at radius 3 is 1.18 bits per heavy atom. The van der Waals surface area contributed by atoms with Crippen molar-refractivity contribution in [1.29, 1.82) is 0 Å². The van der Waals surface area contributed by atoms with Gasteiger partial charge in [0.1, 0.15) is 23.6 Å². The van der Waals surface area contributed by atoms with Crippen molar-refractivity contribution in [3.8, 4) is 0 Å². The van der Waals surface area contributed by atoms with Gasteiger partial charge in [-0.2, -0.15) is 0 Å². The maximum absolute atomic E-state index is 14.8. The average molecular weight is 809 g/mol. The van der Waals surface area contributed by atoms with Gasteiger partial charge in [-0.15, -0.1) is 0 Å². The third-order valence-corrected chi connectivity index (χ3v) is 10.9. The lowest BCUT2D eigenvalue weighted by Crippen LogP contribution is -2.64. The molecule has 0 radical (unpaired) electrons. The van der Waals surface area contributed by atoms with Crippen LogP contribution in [0, 0.1) is 11.8 Å². The maximum Gasteiger partial charge on any atom is 0.279 e. The fourth-order valence-corrected chi connectivity index (χ4v) is 7.23. The number of carbonyl (C=O) groups excluding carboxylic acids is 4. The van der Waals surface area contributed by atoms with Crippen LogP contribution in [0.1, 0.15) is 59.8 Å². The van der Waals surface area contributed by atoms with E-state index in [1.165, 1.54) is 12.1 Å². The fraction of sp³-hybridized carbons (Fsp3) is 0.292. The van der Waals surface area contributed by atoms with E-state index in [1.807, 2.05) is 24.3 Å². The van der Waals surface area contributed by atoms with Crippen LogP contribution in [0.5, 0.6) is 0 Å². The van der Waals surface area contributed by atoms with Gasteiger partial charge in [-0.3, -0.25) is 29.0 Å². The van der Waals surface area contributed by atoms with Crippen molar-refractivity contribution >= 4 is 45.4 Å². The molecule has 12 heteroatoms. The van der Waals surface area contributed by atoms with Crippen molar-refractivity contribution < 1.29 is 29.4 Å². The number of nitrogens with zero attached hydrogens (tertiary/aromatic N) is 4. The highest BCUT2D eigenvalue weighted by atomic mass is 16.3. The van der Waals surface area contributed by atoms with Gasteiger partial charge >= 0.3 is 0 Å². The molecule has 4 amide bonds. The monoisotopic (exact) mass is 808 g/mol. The molecule has 0 fully saturated rings. The number of aliphatic hydroxyl groups is 2. The molecular weight excluding hydrogens is 757 g/mol. The predicted octanol–water partition coefficient (Wildman–Crippen LogP) is 5.33. The van der Waals surface area contributed by atoms with Crippen LogP contribution in [0.4, 0.5) is 0 Å². The van der Waals surface area contributed by atoms with E-state index in [1.54, 1.807) is 125 Å². The van der Waals surface area contributed by atoms with Crippen LogP contribution < -0.4 is 11.5 Å². The highest BCUT2D eigenvalue weighted by molar-refractivity contribution is 6.07. The van der Waals surface area contributed by atoms with Crippen molar-refractivity contribution in [3.63, 3.8) is 0 Å². The van der Waals surface area contributed by atoms with Crippen LogP contribution in [0.25, 0.3) is 21.8 Å². The highest BCUT2D eigenvalue weighted by Gasteiger charge is 2.46. The molecule has 0 saturated heterocycles. The third-order valence-electron chi connectivity index (χ3n) is 10.9. The summed E-state index contributed by atoms with van der Waals surface area (Å²) in [5.41, 5.74) is 15.1. The quantitative estimate of drug-likeness (QED) is 0.105. The maximum atomic E-state index is 14.8. The Hall–Kier alpha value is -6.18. The van der Waals surface area contributed by atoms with Crippen LogP contribution in [-0.2, 0) is 22.4 Å². The van der Waals surface area contributed by atoms with Crippen LogP contribution in [-0.4, -0.2) is 90.0 Å². The molecule has 0 bridgehead atoms. The van der Waals surface area contributed by atoms with Gasteiger partial charge in [0.25, 0.3) is 11.8 Å². The van der Waals surface area contributed by atoms with Crippen molar-refractivity contribution in [1.82, 2.24) is 19.8 Å². The molecule has 0 aliphatic carbocycles. The molecule has 0 saturated carbocycles. The summed E-state index contributed by atoms with van der Waals surface area (Å²) < 4.78 is 0. The van der Waals surface area contributed by atoms with Crippen molar-refractivity contribution in [2.45, 2.75) is 76.9 Å². The van der Waals surface area contributed by atoms with Gasteiger partial charge in [-0.05, 0) is 60.1 Å². The van der Waals surface area contributed by atoms with Crippen LogP contribution in [0.15, 0.2) is 133 Å². The molecule has 0 unspecified atom stereocenters. The van der Waals surface area contributed by atoms with E-state index in [0.29, 0.717) is 22.2 Å². The minimum Gasteiger partial charge on any atom is -0.388 e. The van der Waals surface area contributed by atoms with Gasteiger partial charge in [0.05, 0.1) is 35.2 Å².